The molecule has 2 atom stereocenters. The number of piperidine rings is 2. The summed E-state index contributed by atoms with van der Waals surface area (Å²) in [5.41, 5.74) is 1.29. The van der Waals surface area contributed by atoms with Gasteiger partial charge in [0.25, 0.3) is 0 Å². The summed E-state index contributed by atoms with van der Waals surface area (Å²) in [5, 5.41) is 14.8. The second-order valence-electron chi connectivity index (χ2n) is 6.68. The van der Waals surface area contributed by atoms with Crippen molar-refractivity contribution in [3.63, 3.8) is 0 Å². The largest absolute Gasteiger partial charge is 0.335 e. The van der Waals surface area contributed by atoms with E-state index in [9.17, 15) is 4.79 Å². The average molecular weight is 324 g/mol. The number of rotatable bonds is 4. The molecule has 2 unspecified atom stereocenters. The summed E-state index contributed by atoms with van der Waals surface area (Å²) in [5.74, 6) is 0. The highest BCUT2D eigenvalue weighted by Gasteiger charge is 2.37. The molecule has 2 amide bonds. The molecule has 2 fully saturated rings. The number of nitriles is 1. The summed E-state index contributed by atoms with van der Waals surface area (Å²) in [6.45, 7) is 4.81. The number of benzene rings is 1. The van der Waals surface area contributed by atoms with E-state index in [0.29, 0.717) is 23.3 Å². The molecule has 2 N–H and O–H groups in total. The van der Waals surface area contributed by atoms with Crippen molar-refractivity contribution < 1.29 is 4.79 Å². The van der Waals surface area contributed by atoms with Crippen molar-refractivity contribution in [2.45, 2.75) is 50.2 Å². The standard InChI is InChI=1S/C19H24N4O/c1-2-10-23-17-4-3-5-18(23)12-16(11-17)22-19(24)21-15-8-6-14(13-20)7-9-15/h2,6-9,16-18H,1,3-5,10-12H2,(H2,21,22,24). The van der Waals surface area contributed by atoms with Crippen LogP contribution in [0.1, 0.15) is 37.7 Å². The second kappa shape index (κ2) is 7.50. The predicted octanol–water partition coefficient (Wildman–Crippen LogP) is 3.25. The zero-order chi connectivity index (χ0) is 16.9. The van der Waals surface area contributed by atoms with Gasteiger partial charge in [0.05, 0.1) is 11.6 Å². The van der Waals surface area contributed by atoms with Crippen LogP contribution >= 0.6 is 0 Å². The molecule has 24 heavy (non-hydrogen) atoms. The van der Waals surface area contributed by atoms with E-state index in [2.05, 4.69) is 28.2 Å². The third-order valence-electron chi connectivity index (χ3n) is 5.07. The van der Waals surface area contributed by atoms with Crippen molar-refractivity contribution in [1.29, 1.82) is 5.26 Å². The van der Waals surface area contributed by atoms with Gasteiger partial charge in [-0.05, 0) is 49.9 Å². The molecule has 2 aliphatic heterocycles. The number of anilines is 1. The van der Waals surface area contributed by atoms with Crippen molar-refractivity contribution in [3.05, 3.63) is 42.5 Å². The first-order valence-electron chi connectivity index (χ1n) is 8.64. The van der Waals surface area contributed by atoms with E-state index < -0.39 is 0 Å². The molecular weight excluding hydrogens is 300 g/mol. The fraction of sp³-hybridized carbons (Fsp3) is 0.474. The lowest BCUT2D eigenvalue weighted by Gasteiger charge is -2.48. The van der Waals surface area contributed by atoms with Crippen LogP contribution in [0, 0.1) is 11.3 Å². The number of nitrogens with zero attached hydrogens (tertiary/aromatic N) is 2. The molecule has 2 aliphatic rings. The Morgan fingerprint density at radius 2 is 1.96 bits per heavy atom. The van der Waals surface area contributed by atoms with Crippen LogP contribution in [0.4, 0.5) is 10.5 Å². The minimum atomic E-state index is -0.167. The van der Waals surface area contributed by atoms with Gasteiger partial charge in [-0.25, -0.2) is 4.79 Å². The Hall–Kier alpha value is -2.32. The maximum atomic E-state index is 12.2. The first kappa shape index (κ1) is 16.5. The maximum Gasteiger partial charge on any atom is 0.319 e. The molecule has 0 saturated carbocycles. The van der Waals surface area contributed by atoms with Crippen LogP contribution < -0.4 is 10.6 Å². The highest BCUT2D eigenvalue weighted by Crippen LogP contribution is 2.33. The third kappa shape index (κ3) is 3.77. The van der Waals surface area contributed by atoms with Gasteiger partial charge in [0.15, 0.2) is 0 Å². The zero-order valence-corrected chi connectivity index (χ0v) is 13.9. The van der Waals surface area contributed by atoms with Gasteiger partial charge in [-0.1, -0.05) is 12.5 Å². The van der Waals surface area contributed by atoms with Gasteiger partial charge in [-0.2, -0.15) is 5.26 Å². The van der Waals surface area contributed by atoms with E-state index in [-0.39, 0.29) is 12.1 Å². The Bertz CT molecular complexity index is 620. The number of hydrogen-bond donors (Lipinski definition) is 2. The van der Waals surface area contributed by atoms with Crippen molar-refractivity contribution in [1.82, 2.24) is 10.2 Å². The number of carbonyl (C=O) groups is 1. The van der Waals surface area contributed by atoms with Gasteiger partial charge in [-0.3, -0.25) is 4.90 Å². The molecule has 126 valence electrons. The van der Waals surface area contributed by atoms with Gasteiger partial charge in [0.1, 0.15) is 0 Å². The average Bonchev–Trinajstić information content (AvgIpc) is 2.56. The highest BCUT2D eigenvalue weighted by atomic mass is 16.2. The van der Waals surface area contributed by atoms with Crippen LogP contribution in [0.2, 0.25) is 0 Å². The lowest BCUT2D eigenvalue weighted by atomic mass is 9.82. The third-order valence-corrected chi connectivity index (χ3v) is 5.07. The van der Waals surface area contributed by atoms with Crippen molar-refractivity contribution >= 4 is 11.7 Å². The van der Waals surface area contributed by atoms with Crippen LogP contribution in [0.5, 0.6) is 0 Å². The van der Waals surface area contributed by atoms with E-state index in [4.69, 9.17) is 5.26 Å². The number of urea groups is 1. The molecule has 3 rings (SSSR count). The molecular formula is C19H24N4O. The molecule has 5 heteroatoms. The number of amides is 2. The van der Waals surface area contributed by atoms with Gasteiger partial charge in [0, 0.05) is 30.4 Å². The molecule has 0 aromatic heterocycles. The Balaban J connectivity index is 1.55. The number of fused-ring (bicyclic) bond motifs is 2. The van der Waals surface area contributed by atoms with Gasteiger partial charge >= 0.3 is 6.03 Å². The Morgan fingerprint density at radius 1 is 1.29 bits per heavy atom. The topological polar surface area (TPSA) is 68.2 Å². The van der Waals surface area contributed by atoms with Gasteiger partial charge in [-0.15, -0.1) is 6.58 Å². The van der Waals surface area contributed by atoms with E-state index in [1.54, 1.807) is 24.3 Å². The minimum Gasteiger partial charge on any atom is -0.335 e. The normalized spacial score (nSPS) is 26.2. The van der Waals surface area contributed by atoms with Gasteiger partial charge < -0.3 is 10.6 Å². The number of carbonyl (C=O) groups excluding carboxylic acids is 1. The molecule has 1 aromatic rings. The molecule has 2 saturated heterocycles. The summed E-state index contributed by atoms with van der Waals surface area (Å²) < 4.78 is 0. The van der Waals surface area contributed by atoms with Crippen LogP contribution in [0.15, 0.2) is 36.9 Å². The van der Waals surface area contributed by atoms with E-state index in [1.807, 2.05) is 6.08 Å². The van der Waals surface area contributed by atoms with Crippen LogP contribution in [-0.2, 0) is 0 Å². The monoisotopic (exact) mass is 324 g/mol. The Morgan fingerprint density at radius 3 is 2.54 bits per heavy atom. The number of hydrogen-bond acceptors (Lipinski definition) is 3. The summed E-state index contributed by atoms with van der Waals surface area (Å²) in [6.07, 6.45) is 7.69. The van der Waals surface area contributed by atoms with Crippen LogP contribution in [0.25, 0.3) is 0 Å². The molecule has 0 spiro atoms. The lowest BCUT2D eigenvalue weighted by molar-refractivity contribution is 0.0375. The fourth-order valence-electron chi connectivity index (χ4n) is 4.02. The van der Waals surface area contributed by atoms with E-state index in [0.717, 1.165) is 19.4 Å². The maximum absolute atomic E-state index is 12.2. The first-order chi connectivity index (χ1) is 11.7. The quantitative estimate of drug-likeness (QED) is 0.835. The molecule has 2 bridgehead atoms. The van der Waals surface area contributed by atoms with E-state index in [1.165, 1.54) is 19.3 Å². The predicted molar refractivity (Wildman–Crippen MR) is 94.7 cm³/mol. The van der Waals surface area contributed by atoms with E-state index >= 15 is 0 Å². The number of nitrogens with one attached hydrogen (secondary N) is 2. The molecule has 0 aliphatic carbocycles. The highest BCUT2D eigenvalue weighted by molar-refractivity contribution is 5.89. The van der Waals surface area contributed by atoms with Crippen molar-refractivity contribution in [3.8, 4) is 6.07 Å². The summed E-state index contributed by atoms with van der Waals surface area (Å²) in [4.78, 5) is 14.8. The molecule has 1 aromatic carbocycles. The molecule has 2 heterocycles. The summed E-state index contributed by atoms with van der Waals surface area (Å²) >= 11 is 0. The Kier molecular flexibility index (Phi) is 5.17. The smallest absolute Gasteiger partial charge is 0.319 e. The first-order valence-corrected chi connectivity index (χ1v) is 8.64. The van der Waals surface area contributed by atoms with Crippen LogP contribution in [-0.4, -0.2) is 35.6 Å². The molecule has 5 nitrogen and oxygen atoms in total. The minimum absolute atomic E-state index is 0.167. The van der Waals surface area contributed by atoms with Crippen LogP contribution in [0.3, 0.4) is 0 Å². The molecule has 0 radical (unpaired) electrons. The summed E-state index contributed by atoms with van der Waals surface area (Å²) in [6, 6.07) is 10.1. The lowest BCUT2D eigenvalue weighted by Crippen LogP contribution is -2.57. The Labute approximate surface area is 143 Å². The van der Waals surface area contributed by atoms with Crippen molar-refractivity contribution in [2.75, 3.05) is 11.9 Å². The zero-order valence-electron chi connectivity index (χ0n) is 13.9. The fourth-order valence-corrected chi connectivity index (χ4v) is 4.02. The van der Waals surface area contributed by atoms with Crippen molar-refractivity contribution in [2.24, 2.45) is 0 Å². The SMILES string of the molecule is C=CCN1C2CCCC1CC(NC(=O)Nc1ccc(C#N)cc1)C2. The summed E-state index contributed by atoms with van der Waals surface area (Å²) in [7, 11) is 0. The van der Waals surface area contributed by atoms with Gasteiger partial charge in [0.2, 0.25) is 0 Å². The second-order valence-corrected chi connectivity index (χ2v) is 6.68.